The van der Waals surface area contributed by atoms with Crippen molar-refractivity contribution in [3.63, 3.8) is 0 Å². The van der Waals surface area contributed by atoms with Gasteiger partial charge in [0.1, 0.15) is 12.1 Å². The van der Waals surface area contributed by atoms with E-state index in [0.29, 0.717) is 22.9 Å². The number of nitrogens with one attached hydrogen (secondary N) is 1. The highest BCUT2D eigenvalue weighted by molar-refractivity contribution is 5.57. The maximum atomic E-state index is 10.9. The third kappa shape index (κ3) is 2.83. The summed E-state index contributed by atoms with van der Waals surface area (Å²) < 4.78 is 10.9. The van der Waals surface area contributed by atoms with Crippen molar-refractivity contribution >= 4 is 11.5 Å². The summed E-state index contributed by atoms with van der Waals surface area (Å²) in [5.41, 5.74) is 0.392. The molecule has 2 rings (SSSR count). The number of nitrogens with zero attached hydrogens (tertiary/aromatic N) is 3. The third-order valence-electron chi connectivity index (χ3n) is 2.87. The van der Waals surface area contributed by atoms with E-state index in [9.17, 15) is 10.1 Å². The minimum Gasteiger partial charge on any atom is -0.489 e. The van der Waals surface area contributed by atoms with Crippen molar-refractivity contribution in [2.24, 2.45) is 0 Å². The lowest BCUT2D eigenvalue weighted by molar-refractivity contribution is -0.385. The molecule has 0 aliphatic heterocycles. The molecular formula is C13H14N4O4. The second kappa shape index (κ2) is 6.04. The van der Waals surface area contributed by atoms with Gasteiger partial charge in [-0.05, 0) is 13.0 Å². The molecule has 1 heterocycles. The van der Waals surface area contributed by atoms with Gasteiger partial charge in [0.15, 0.2) is 5.82 Å². The molecule has 0 aliphatic rings. The van der Waals surface area contributed by atoms with Gasteiger partial charge in [0.2, 0.25) is 5.75 Å². The smallest absolute Gasteiger partial charge is 0.276 e. The van der Waals surface area contributed by atoms with Gasteiger partial charge in [-0.15, -0.1) is 0 Å². The van der Waals surface area contributed by atoms with Crippen LogP contribution in [0.5, 0.6) is 17.4 Å². The predicted molar refractivity (Wildman–Crippen MR) is 76.0 cm³/mol. The SMILES string of the molecule is CNc1ncnc(Oc2cccc([N+](=O)[O-])c2C)c1OC. The molecule has 21 heavy (non-hydrogen) atoms. The lowest BCUT2D eigenvalue weighted by atomic mass is 10.2. The molecule has 8 nitrogen and oxygen atoms in total. The van der Waals surface area contributed by atoms with Gasteiger partial charge in [-0.25, -0.2) is 4.98 Å². The van der Waals surface area contributed by atoms with Crippen LogP contribution in [-0.4, -0.2) is 29.0 Å². The number of nitro benzene ring substituents is 1. The molecule has 1 N–H and O–H groups in total. The minimum absolute atomic E-state index is 0.0191. The molecule has 1 aromatic heterocycles. The van der Waals surface area contributed by atoms with Crippen LogP contribution >= 0.6 is 0 Å². The van der Waals surface area contributed by atoms with E-state index in [1.165, 1.54) is 19.5 Å². The number of hydrogen-bond acceptors (Lipinski definition) is 7. The Morgan fingerprint density at radius 1 is 1.33 bits per heavy atom. The molecule has 0 fully saturated rings. The molecule has 1 aromatic carbocycles. The van der Waals surface area contributed by atoms with Crippen LogP contribution in [0, 0.1) is 17.0 Å². The molecule has 0 saturated heterocycles. The number of aromatic nitrogens is 2. The van der Waals surface area contributed by atoms with E-state index in [4.69, 9.17) is 9.47 Å². The first kappa shape index (κ1) is 14.5. The summed E-state index contributed by atoms with van der Waals surface area (Å²) in [6.07, 6.45) is 1.32. The summed E-state index contributed by atoms with van der Waals surface area (Å²) in [6, 6.07) is 4.59. The Morgan fingerprint density at radius 2 is 2.10 bits per heavy atom. The zero-order valence-electron chi connectivity index (χ0n) is 11.8. The number of methoxy groups -OCH3 is 1. The molecule has 0 amide bonds. The van der Waals surface area contributed by atoms with Gasteiger partial charge in [0.05, 0.1) is 17.6 Å². The van der Waals surface area contributed by atoms with Crippen LogP contribution in [0.2, 0.25) is 0 Å². The molecule has 0 unspecified atom stereocenters. The standard InChI is InChI=1S/C13H14N4O4/c1-8-9(17(18)19)5-4-6-10(8)21-13-11(20-3)12(14-2)15-7-16-13/h4-7H,1-3H3,(H,14,15,16). The summed E-state index contributed by atoms with van der Waals surface area (Å²) in [5.74, 6) is 1.31. The molecule has 0 radical (unpaired) electrons. The van der Waals surface area contributed by atoms with Crippen LogP contribution in [0.1, 0.15) is 5.56 Å². The second-order valence-corrected chi connectivity index (χ2v) is 4.07. The van der Waals surface area contributed by atoms with Crippen molar-refractivity contribution in [2.75, 3.05) is 19.5 Å². The van der Waals surface area contributed by atoms with Crippen molar-refractivity contribution in [2.45, 2.75) is 6.92 Å². The van der Waals surface area contributed by atoms with E-state index in [1.807, 2.05) is 0 Å². The van der Waals surface area contributed by atoms with E-state index in [2.05, 4.69) is 15.3 Å². The quantitative estimate of drug-likeness (QED) is 0.667. The van der Waals surface area contributed by atoms with Gasteiger partial charge >= 0.3 is 0 Å². The number of ether oxygens (including phenoxy) is 2. The monoisotopic (exact) mass is 290 g/mol. The summed E-state index contributed by atoms with van der Waals surface area (Å²) >= 11 is 0. The van der Waals surface area contributed by atoms with E-state index in [-0.39, 0.29) is 11.6 Å². The second-order valence-electron chi connectivity index (χ2n) is 4.07. The van der Waals surface area contributed by atoms with Crippen LogP contribution in [0.3, 0.4) is 0 Å². The van der Waals surface area contributed by atoms with Gasteiger partial charge in [-0.3, -0.25) is 10.1 Å². The largest absolute Gasteiger partial charge is 0.489 e. The summed E-state index contributed by atoms with van der Waals surface area (Å²) in [6.45, 7) is 1.61. The van der Waals surface area contributed by atoms with Crippen molar-refractivity contribution < 1.29 is 14.4 Å². The average Bonchev–Trinajstić information content (AvgIpc) is 2.48. The summed E-state index contributed by atoms with van der Waals surface area (Å²) in [7, 11) is 3.15. The molecule has 2 aromatic rings. The normalized spacial score (nSPS) is 10.0. The molecule has 110 valence electrons. The van der Waals surface area contributed by atoms with Gasteiger partial charge < -0.3 is 14.8 Å². The Balaban J connectivity index is 2.44. The highest BCUT2D eigenvalue weighted by atomic mass is 16.6. The summed E-state index contributed by atoms with van der Waals surface area (Å²) in [5, 5.41) is 13.8. The Morgan fingerprint density at radius 3 is 2.71 bits per heavy atom. The fourth-order valence-electron chi connectivity index (χ4n) is 1.81. The predicted octanol–water partition coefficient (Wildman–Crippen LogP) is 2.54. The van der Waals surface area contributed by atoms with Crippen molar-refractivity contribution in [3.8, 4) is 17.4 Å². The molecule has 0 spiro atoms. The number of benzene rings is 1. The molecule has 0 atom stereocenters. The van der Waals surface area contributed by atoms with E-state index < -0.39 is 4.92 Å². The van der Waals surface area contributed by atoms with E-state index >= 15 is 0 Å². The first-order chi connectivity index (χ1) is 10.1. The van der Waals surface area contributed by atoms with Gasteiger partial charge in [-0.1, -0.05) is 6.07 Å². The average molecular weight is 290 g/mol. The molecule has 0 aliphatic carbocycles. The number of nitro groups is 1. The van der Waals surface area contributed by atoms with Crippen molar-refractivity contribution in [3.05, 3.63) is 40.2 Å². The highest BCUT2D eigenvalue weighted by Gasteiger charge is 2.18. The molecule has 0 saturated carbocycles. The van der Waals surface area contributed by atoms with E-state index in [0.717, 1.165) is 0 Å². The molecule has 8 heteroatoms. The lowest BCUT2D eigenvalue weighted by Gasteiger charge is -2.12. The summed E-state index contributed by atoms with van der Waals surface area (Å²) in [4.78, 5) is 18.5. The Bertz CT molecular complexity index is 675. The van der Waals surface area contributed by atoms with Crippen LogP contribution < -0.4 is 14.8 Å². The Labute approximate surface area is 120 Å². The topological polar surface area (TPSA) is 99.4 Å². The van der Waals surface area contributed by atoms with Crippen LogP contribution in [-0.2, 0) is 0 Å². The molecule has 0 bridgehead atoms. The maximum Gasteiger partial charge on any atom is 0.276 e. The zero-order valence-corrected chi connectivity index (χ0v) is 11.8. The lowest BCUT2D eigenvalue weighted by Crippen LogP contribution is -2.02. The fourth-order valence-corrected chi connectivity index (χ4v) is 1.81. The fraction of sp³-hybridized carbons (Fsp3) is 0.231. The Kier molecular flexibility index (Phi) is 4.17. The van der Waals surface area contributed by atoms with Crippen molar-refractivity contribution in [1.29, 1.82) is 0 Å². The third-order valence-corrected chi connectivity index (χ3v) is 2.87. The number of rotatable bonds is 5. The van der Waals surface area contributed by atoms with Gasteiger partial charge in [-0.2, -0.15) is 4.98 Å². The van der Waals surface area contributed by atoms with Crippen LogP contribution in [0.4, 0.5) is 11.5 Å². The first-order valence-corrected chi connectivity index (χ1v) is 6.07. The zero-order chi connectivity index (χ0) is 15.4. The van der Waals surface area contributed by atoms with Crippen LogP contribution in [0.25, 0.3) is 0 Å². The van der Waals surface area contributed by atoms with E-state index in [1.54, 1.807) is 26.1 Å². The first-order valence-electron chi connectivity index (χ1n) is 6.07. The Hall–Kier alpha value is -2.90. The maximum absolute atomic E-state index is 10.9. The number of anilines is 1. The number of hydrogen-bond donors (Lipinski definition) is 1. The van der Waals surface area contributed by atoms with Crippen LogP contribution in [0.15, 0.2) is 24.5 Å². The molecular weight excluding hydrogens is 276 g/mol. The highest BCUT2D eigenvalue weighted by Crippen LogP contribution is 2.36. The minimum atomic E-state index is -0.460. The van der Waals surface area contributed by atoms with Gasteiger partial charge in [0.25, 0.3) is 11.6 Å². The van der Waals surface area contributed by atoms with Gasteiger partial charge in [0, 0.05) is 13.1 Å². The van der Waals surface area contributed by atoms with Crippen molar-refractivity contribution in [1.82, 2.24) is 9.97 Å².